The van der Waals surface area contributed by atoms with E-state index in [4.69, 9.17) is 5.73 Å². The number of carbonyl (C=O) groups excluding carboxylic acids is 1. The molecule has 2 amide bonds. The summed E-state index contributed by atoms with van der Waals surface area (Å²) in [6, 6.07) is 6.94. The number of primary amides is 1. The smallest absolute Gasteiger partial charge is 0.332 e. The Kier molecular flexibility index (Phi) is 3.64. The second kappa shape index (κ2) is 4.76. The van der Waals surface area contributed by atoms with Gasteiger partial charge in [-0.15, -0.1) is 0 Å². The predicted octanol–water partition coefficient (Wildman–Crippen LogP) is 1.84. The maximum absolute atomic E-state index is 10.4. The molecule has 0 saturated carbocycles. The molecule has 3 N–H and O–H groups in total. The van der Waals surface area contributed by atoms with Gasteiger partial charge in [0.25, 0.3) is 0 Å². The van der Waals surface area contributed by atoms with Gasteiger partial charge in [-0.25, -0.2) is 10.2 Å². The molecule has 0 atom stereocenters. The molecule has 0 aromatic heterocycles. The summed E-state index contributed by atoms with van der Waals surface area (Å²) in [6.07, 6.45) is 0. The van der Waals surface area contributed by atoms with Gasteiger partial charge in [0, 0.05) is 4.47 Å². The van der Waals surface area contributed by atoms with Crippen molar-refractivity contribution in [1.29, 1.82) is 0 Å². The Morgan fingerprint density at radius 3 is 2.86 bits per heavy atom. The van der Waals surface area contributed by atoms with Crippen LogP contribution in [0.5, 0.6) is 0 Å². The minimum atomic E-state index is -0.667. The number of hydrogen-bond acceptors (Lipinski definition) is 2. The Hall–Kier alpha value is -1.36. The van der Waals surface area contributed by atoms with Crippen LogP contribution < -0.4 is 11.2 Å². The number of nitrogens with one attached hydrogen (secondary N) is 1. The number of urea groups is 1. The number of amides is 2. The van der Waals surface area contributed by atoms with E-state index in [0.717, 1.165) is 10.0 Å². The molecule has 0 aliphatic heterocycles. The topological polar surface area (TPSA) is 67.5 Å². The van der Waals surface area contributed by atoms with Crippen LogP contribution in [0.15, 0.2) is 33.8 Å². The van der Waals surface area contributed by atoms with Gasteiger partial charge in [0.15, 0.2) is 0 Å². The third kappa shape index (κ3) is 3.18. The summed E-state index contributed by atoms with van der Waals surface area (Å²) in [5.41, 5.74) is 8.68. The van der Waals surface area contributed by atoms with E-state index < -0.39 is 6.03 Å². The number of carbonyl (C=O) groups is 1. The maximum Gasteiger partial charge on any atom is 0.332 e. The van der Waals surface area contributed by atoms with Crippen molar-refractivity contribution >= 4 is 27.7 Å². The summed E-state index contributed by atoms with van der Waals surface area (Å²) in [5, 5.41) is 3.81. The SMILES string of the molecule is C/C(=N/NC(N)=O)c1cccc(Br)c1. The number of rotatable bonds is 2. The van der Waals surface area contributed by atoms with Gasteiger partial charge in [0.1, 0.15) is 0 Å². The molecule has 1 rings (SSSR count). The highest BCUT2D eigenvalue weighted by atomic mass is 79.9. The molecular formula is C9H10BrN3O. The van der Waals surface area contributed by atoms with Crippen LogP contribution in [-0.2, 0) is 0 Å². The number of hydrazone groups is 1. The van der Waals surface area contributed by atoms with Crippen LogP contribution in [0.3, 0.4) is 0 Å². The second-order valence-corrected chi connectivity index (χ2v) is 3.60. The van der Waals surface area contributed by atoms with E-state index in [1.54, 1.807) is 6.92 Å². The molecule has 0 spiro atoms. The Balaban J connectivity index is 2.83. The van der Waals surface area contributed by atoms with E-state index in [1.807, 2.05) is 24.3 Å². The molecule has 14 heavy (non-hydrogen) atoms. The van der Waals surface area contributed by atoms with E-state index >= 15 is 0 Å². The molecule has 0 fully saturated rings. The lowest BCUT2D eigenvalue weighted by atomic mass is 10.1. The zero-order valence-corrected chi connectivity index (χ0v) is 9.21. The molecule has 0 aliphatic carbocycles. The van der Waals surface area contributed by atoms with Crippen molar-refractivity contribution in [2.24, 2.45) is 10.8 Å². The van der Waals surface area contributed by atoms with Gasteiger partial charge in [0.05, 0.1) is 5.71 Å². The quantitative estimate of drug-likeness (QED) is 0.615. The summed E-state index contributed by atoms with van der Waals surface area (Å²) in [7, 11) is 0. The molecular weight excluding hydrogens is 246 g/mol. The zero-order valence-electron chi connectivity index (χ0n) is 7.62. The Bertz CT molecular complexity index is 376. The molecule has 4 nitrogen and oxygen atoms in total. The van der Waals surface area contributed by atoms with Gasteiger partial charge >= 0.3 is 6.03 Å². The fourth-order valence-electron chi connectivity index (χ4n) is 0.917. The van der Waals surface area contributed by atoms with Gasteiger partial charge < -0.3 is 5.73 Å². The zero-order chi connectivity index (χ0) is 10.6. The second-order valence-electron chi connectivity index (χ2n) is 2.68. The highest BCUT2D eigenvalue weighted by Gasteiger charge is 1.98. The van der Waals surface area contributed by atoms with Crippen molar-refractivity contribution in [3.63, 3.8) is 0 Å². The van der Waals surface area contributed by atoms with Crippen LogP contribution in [0.1, 0.15) is 12.5 Å². The first-order valence-electron chi connectivity index (χ1n) is 3.95. The molecule has 0 saturated heterocycles. The van der Waals surface area contributed by atoms with Crippen LogP contribution in [0.2, 0.25) is 0 Å². The lowest BCUT2D eigenvalue weighted by molar-refractivity contribution is 0.249. The number of nitrogens with two attached hydrogens (primary N) is 1. The van der Waals surface area contributed by atoms with Crippen LogP contribution in [0, 0.1) is 0 Å². The van der Waals surface area contributed by atoms with Crippen molar-refractivity contribution in [3.05, 3.63) is 34.3 Å². The fourth-order valence-corrected chi connectivity index (χ4v) is 1.32. The van der Waals surface area contributed by atoms with Gasteiger partial charge in [-0.3, -0.25) is 0 Å². The van der Waals surface area contributed by atoms with E-state index in [9.17, 15) is 4.79 Å². The average Bonchev–Trinajstić information content (AvgIpc) is 2.14. The van der Waals surface area contributed by atoms with Crippen LogP contribution in [-0.4, -0.2) is 11.7 Å². The monoisotopic (exact) mass is 255 g/mol. The number of benzene rings is 1. The lowest BCUT2D eigenvalue weighted by Crippen LogP contribution is -2.25. The molecule has 1 aromatic carbocycles. The van der Waals surface area contributed by atoms with Crippen molar-refractivity contribution in [2.45, 2.75) is 6.92 Å². The molecule has 5 heteroatoms. The first-order valence-corrected chi connectivity index (χ1v) is 4.74. The molecule has 0 radical (unpaired) electrons. The van der Waals surface area contributed by atoms with Crippen molar-refractivity contribution in [3.8, 4) is 0 Å². The third-order valence-corrected chi connectivity index (χ3v) is 2.07. The minimum Gasteiger partial charge on any atom is -0.350 e. The van der Waals surface area contributed by atoms with E-state index in [0.29, 0.717) is 5.71 Å². The predicted molar refractivity (Wildman–Crippen MR) is 59.1 cm³/mol. The summed E-state index contributed by atoms with van der Waals surface area (Å²) >= 11 is 3.34. The van der Waals surface area contributed by atoms with Gasteiger partial charge in [-0.2, -0.15) is 5.10 Å². The number of halogens is 1. The lowest BCUT2D eigenvalue weighted by Gasteiger charge is -2.00. The van der Waals surface area contributed by atoms with Crippen molar-refractivity contribution < 1.29 is 4.79 Å². The van der Waals surface area contributed by atoms with Crippen molar-refractivity contribution in [2.75, 3.05) is 0 Å². The molecule has 0 heterocycles. The highest BCUT2D eigenvalue weighted by Crippen LogP contribution is 2.12. The first kappa shape index (κ1) is 10.7. The van der Waals surface area contributed by atoms with Crippen LogP contribution >= 0.6 is 15.9 Å². The molecule has 74 valence electrons. The van der Waals surface area contributed by atoms with Gasteiger partial charge in [-0.05, 0) is 24.6 Å². The molecule has 0 unspecified atom stereocenters. The summed E-state index contributed by atoms with van der Waals surface area (Å²) in [6.45, 7) is 1.79. The standard InChI is InChI=1S/C9H10BrN3O/c1-6(12-13-9(11)14)7-3-2-4-8(10)5-7/h2-5H,1H3,(H3,11,13,14)/b12-6-. The largest absolute Gasteiger partial charge is 0.350 e. The molecule has 0 aliphatic rings. The summed E-state index contributed by atoms with van der Waals surface area (Å²) in [5.74, 6) is 0. The molecule has 0 bridgehead atoms. The van der Waals surface area contributed by atoms with Crippen molar-refractivity contribution in [1.82, 2.24) is 5.43 Å². The minimum absolute atomic E-state index is 0.667. The van der Waals surface area contributed by atoms with E-state index in [2.05, 4.69) is 26.5 Å². The Morgan fingerprint density at radius 1 is 1.57 bits per heavy atom. The van der Waals surface area contributed by atoms with E-state index in [-0.39, 0.29) is 0 Å². The van der Waals surface area contributed by atoms with Crippen LogP contribution in [0.4, 0.5) is 4.79 Å². The van der Waals surface area contributed by atoms with E-state index in [1.165, 1.54) is 0 Å². The normalized spacial score (nSPS) is 11.1. The molecule has 1 aromatic rings. The third-order valence-electron chi connectivity index (χ3n) is 1.58. The fraction of sp³-hybridized carbons (Fsp3) is 0.111. The van der Waals surface area contributed by atoms with Gasteiger partial charge in [-0.1, -0.05) is 28.1 Å². The first-order chi connectivity index (χ1) is 6.59. The Morgan fingerprint density at radius 2 is 2.29 bits per heavy atom. The summed E-state index contributed by atoms with van der Waals surface area (Å²) < 4.78 is 0.962. The number of hydrogen-bond donors (Lipinski definition) is 2. The number of nitrogens with zero attached hydrogens (tertiary/aromatic N) is 1. The Labute approximate surface area is 90.3 Å². The summed E-state index contributed by atoms with van der Waals surface area (Å²) in [4.78, 5) is 10.4. The maximum atomic E-state index is 10.4. The average molecular weight is 256 g/mol. The van der Waals surface area contributed by atoms with Gasteiger partial charge in [0.2, 0.25) is 0 Å². The highest BCUT2D eigenvalue weighted by molar-refractivity contribution is 9.10. The van der Waals surface area contributed by atoms with Crippen LogP contribution in [0.25, 0.3) is 0 Å².